The van der Waals surface area contributed by atoms with E-state index < -0.39 is 11.1 Å². The van der Waals surface area contributed by atoms with Gasteiger partial charge in [0, 0.05) is 63.6 Å². The minimum Gasteiger partial charge on any atom is -0.378 e. The van der Waals surface area contributed by atoms with Crippen molar-refractivity contribution in [2.45, 2.75) is 49.6 Å². The second-order valence-corrected chi connectivity index (χ2v) is 18.8. The molecule has 8 rings (SSSR count). The van der Waals surface area contributed by atoms with E-state index in [1.54, 1.807) is 24.3 Å². The van der Waals surface area contributed by atoms with Crippen LogP contribution < -0.4 is 21.3 Å². The van der Waals surface area contributed by atoms with Crippen LogP contribution in [0.5, 0.6) is 0 Å². The number of rotatable bonds is 8. The summed E-state index contributed by atoms with van der Waals surface area (Å²) >= 11 is 14.2. The van der Waals surface area contributed by atoms with Gasteiger partial charge in [-0.05, 0) is 111 Å². The molecule has 2 saturated heterocycles. The average molecular weight is 868 g/mol. The number of likely N-dealkylation sites (N-methyl/N-ethyl adjacent to an activating group) is 2. The molecule has 0 spiro atoms. The number of hydrogen-bond acceptors (Lipinski definition) is 10. The molecule has 0 unspecified atom stereocenters. The highest BCUT2D eigenvalue weighted by Gasteiger charge is 2.45. The summed E-state index contributed by atoms with van der Waals surface area (Å²) in [5, 5.41) is 11.8. The molecule has 4 N–H and O–H groups in total. The van der Waals surface area contributed by atoms with E-state index in [1.165, 1.54) is 44.9 Å². The number of amides is 4. The predicted molar refractivity (Wildman–Crippen MR) is 230 cm³/mol. The van der Waals surface area contributed by atoms with Crippen LogP contribution in [0.2, 0.25) is 8.67 Å². The number of ether oxygens (including phenoxy) is 2. The van der Waals surface area contributed by atoms with Gasteiger partial charge in [-0.3, -0.25) is 19.2 Å². The molecule has 0 aliphatic carbocycles. The second kappa shape index (κ2) is 18.6. The summed E-state index contributed by atoms with van der Waals surface area (Å²) in [4.78, 5) is 57.2. The molecule has 58 heavy (non-hydrogen) atoms. The molecule has 4 amide bonds. The van der Waals surface area contributed by atoms with Crippen LogP contribution >= 0.6 is 45.9 Å². The van der Waals surface area contributed by atoms with Gasteiger partial charge in [0.2, 0.25) is 0 Å². The predicted octanol–water partition coefficient (Wildman–Crippen LogP) is 5.92. The van der Waals surface area contributed by atoms with Crippen molar-refractivity contribution in [3.63, 3.8) is 0 Å². The van der Waals surface area contributed by atoms with E-state index >= 15 is 0 Å². The topological polar surface area (TPSA) is 141 Å². The summed E-state index contributed by atoms with van der Waals surface area (Å²) in [6, 6.07) is 18.8. The number of fused-ring (bicyclic) bond motifs is 2. The highest BCUT2D eigenvalue weighted by atomic mass is 35.5. The van der Waals surface area contributed by atoms with Crippen molar-refractivity contribution in [2.75, 3.05) is 77.3 Å². The van der Waals surface area contributed by atoms with Gasteiger partial charge in [-0.1, -0.05) is 35.3 Å². The van der Waals surface area contributed by atoms with Gasteiger partial charge in [-0.2, -0.15) is 0 Å². The zero-order chi connectivity index (χ0) is 40.9. The lowest BCUT2D eigenvalue weighted by molar-refractivity contribution is -0.122. The van der Waals surface area contributed by atoms with Crippen molar-refractivity contribution in [2.24, 2.45) is 0 Å². The summed E-state index contributed by atoms with van der Waals surface area (Å²) in [7, 11) is 4.25. The third-order valence-corrected chi connectivity index (χ3v) is 13.7. The number of nitrogens with zero attached hydrogens (tertiary/aromatic N) is 2. The molecule has 4 aliphatic rings. The maximum atomic E-state index is 13.2. The first-order valence-corrected chi connectivity index (χ1v) is 21.8. The Labute approximate surface area is 356 Å². The lowest BCUT2D eigenvalue weighted by atomic mass is 9.96. The molecule has 2 aromatic carbocycles. The second-order valence-electron chi connectivity index (χ2n) is 15.4. The molecule has 4 aliphatic heterocycles. The molecule has 16 heteroatoms. The molecule has 2 aromatic heterocycles. The molecular formula is C42H48Cl2N6O6S2. The first-order chi connectivity index (χ1) is 27.9. The maximum absolute atomic E-state index is 13.2. The number of hydrogen-bond donors (Lipinski definition) is 4. The maximum Gasteiger partial charge on any atom is 0.262 e. The van der Waals surface area contributed by atoms with Gasteiger partial charge in [-0.15, -0.1) is 22.7 Å². The van der Waals surface area contributed by atoms with Crippen molar-refractivity contribution >= 4 is 80.9 Å². The molecule has 12 nitrogen and oxygen atoms in total. The van der Waals surface area contributed by atoms with Crippen LogP contribution in [-0.2, 0) is 44.7 Å². The van der Waals surface area contributed by atoms with E-state index in [1.807, 2.05) is 12.1 Å². The van der Waals surface area contributed by atoms with Crippen LogP contribution in [0.3, 0.4) is 0 Å². The van der Waals surface area contributed by atoms with Crippen molar-refractivity contribution < 1.29 is 28.7 Å². The van der Waals surface area contributed by atoms with E-state index in [0.29, 0.717) is 44.5 Å². The van der Waals surface area contributed by atoms with Crippen molar-refractivity contribution in [3.8, 4) is 0 Å². The Morgan fingerprint density at radius 1 is 0.586 bits per heavy atom. The summed E-state index contributed by atoms with van der Waals surface area (Å²) < 4.78 is 12.0. The standard InChI is InChI=1S/2C21H24ClN3O3S/c2*1-25-9-6-14-2-3-16(12-15(14)7-10-25)23-20(27)21(8-11-28-13-21)24-19(26)17-4-5-18(22)29-17/h2*2-5,12H,6-11,13H2,1H3,(H,23,27)(H,24,26)/t2*21-/m10/s1. The van der Waals surface area contributed by atoms with Gasteiger partial charge >= 0.3 is 0 Å². The third kappa shape index (κ3) is 10.1. The molecule has 308 valence electrons. The summed E-state index contributed by atoms with van der Waals surface area (Å²) in [5.41, 5.74) is 4.52. The zero-order valence-electron chi connectivity index (χ0n) is 32.6. The van der Waals surface area contributed by atoms with Gasteiger partial charge in [0.05, 0.1) is 31.6 Å². The SMILES string of the molecule is CN1CCc2ccc(NC(=O)[C@@]3(NC(=O)c4ccc(Cl)s4)CCOC3)cc2CC1.CN1CCc2ccc(NC(=O)[C@]3(NC(=O)c4ccc(Cl)s4)CCOC3)cc2CC1. The van der Waals surface area contributed by atoms with Crippen LogP contribution in [0.15, 0.2) is 60.7 Å². The van der Waals surface area contributed by atoms with E-state index in [4.69, 9.17) is 32.7 Å². The zero-order valence-corrected chi connectivity index (χ0v) is 35.7. The number of halogens is 2. The number of carbonyl (C=O) groups is 4. The largest absolute Gasteiger partial charge is 0.378 e. The quantitative estimate of drug-likeness (QED) is 0.171. The van der Waals surface area contributed by atoms with Crippen molar-refractivity contribution in [1.29, 1.82) is 0 Å². The number of thiophene rings is 2. The third-order valence-electron chi connectivity index (χ3n) is 11.2. The van der Waals surface area contributed by atoms with E-state index in [9.17, 15) is 19.2 Å². The van der Waals surface area contributed by atoms with Crippen LogP contribution in [0, 0.1) is 0 Å². The molecule has 0 radical (unpaired) electrons. The molecule has 4 aromatic rings. The summed E-state index contributed by atoms with van der Waals surface area (Å²) in [5.74, 6) is -1.13. The molecule has 6 heterocycles. The van der Waals surface area contributed by atoms with E-state index in [0.717, 1.165) is 63.2 Å². The molecule has 2 atom stereocenters. The van der Waals surface area contributed by atoms with Crippen LogP contribution in [0.25, 0.3) is 0 Å². The van der Waals surface area contributed by atoms with Crippen LogP contribution in [0.4, 0.5) is 11.4 Å². The summed E-state index contributed by atoms with van der Waals surface area (Å²) in [6.07, 6.45) is 4.80. The fourth-order valence-corrected chi connectivity index (χ4v) is 9.44. The monoisotopic (exact) mass is 866 g/mol. The Hall–Kier alpha value is -3.86. The molecule has 0 saturated carbocycles. The van der Waals surface area contributed by atoms with E-state index in [2.05, 4.69) is 69.4 Å². The van der Waals surface area contributed by atoms with Crippen LogP contribution in [0.1, 0.15) is 54.4 Å². The highest BCUT2D eigenvalue weighted by Crippen LogP contribution is 2.29. The highest BCUT2D eigenvalue weighted by molar-refractivity contribution is 7.18. The number of anilines is 2. The van der Waals surface area contributed by atoms with Gasteiger partial charge in [-0.25, -0.2) is 0 Å². The van der Waals surface area contributed by atoms with Crippen molar-refractivity contribution in [1.82, 2.24) is 20.4 Å². The summed E-state index contributed by atoms with van der Waals surface area (Å²) in [6.45, 7) is 5.24. The first-order valence-electron chi connectivity index (χ1n) is 19.5. The normalized spacial score (nSPS) is 22.0. The van der Waals surface area contributed by atoms with Gasteiger partial charge in [0.15, 0.2) is 0 Å². The fraction of sp³-hybridized carbons (Fsp3) is 0.429. The number of benzene rings is 2. The Morgan fingerprint density at radius 3 is 1.33 bits per heavy atom. The molecule has 2 fully saturated rings. The Kier molecular flexibility index (Phi) is 13.6. The van der Waals surface area contributed by atoms with Gasteiger partial charge in [0.25, 0.3) is 23.6 Å². The number of nitrogens with one attached hydrogen (secondary N) is 4. The fourth-order valence-electron chi connectivity index (χ4n) is 7.56. The molecule has 0 bridgehead atoms. The Morgan fingerprint density at radius 2 is 0.983 bits per heavy atom. The van der Waals surface area contributed by atoms with Gasteiger partial charge < -0.3 is 40.5 Å². The Balaban J connectivity index is 0.000000177. The number of carbonyl (C=O) groups excluding carboxylic acids is 4. The van der Waals surface area contributed by atoms with Gasteiger partial charge in [0.1, 0.15) is 11.1 Å². The smallest absolute Gasteiger partial charge is 0.262 e. The average Bonchev–Trinajstić information content (AvgIpc) is 4.02. The lowest BCUT2D eigenvalue weighted by Gasteiger charge is -2.27. The Bertz CT molecular complexity index is 2000. The lowest BCUT2D eigenvalue weighted by Crippen LogP contribution is -2.57. The van der Waals surface area contributed by atoms with Crippen LogP contribution in [-0.4, -0.2) is 111 Å². The minimum atomic E-state index is -1.08. The van der Waals surface area contributed by atoms with Crippen molar-refractivity contribution in [3.05, 3.63) is 101 Å². The minimum absolute atomic E-state index is 0.152. The molecular weight excluding hydrogens is 820 g/mol. The van der Waals surface area contributed by atoms with E-state index in [-0.39, 0.29) is 36.8 Å². The first kappa shape index (κ1) is 42.3.